The van der Waals surface area contributed by atoms with Gasteiger partial charge in [-0.1, -0.05) is 44.9 Å². The number of anilines is 2. The van der Waals surface area contributed by atoms with Gasteiger partial charge in [-0.2, -0.15) is 0 Å². The molecule has 3 aromatic rings. The van der Waals surface area contributed by atoms with Gasteiger partial charge in [-0.15, -0.1) is 0 Å². The molecule has 5 nitrogen and oxygen atoms in total. The summed E-state index contributed by atoms with van der Waals surface area (Å²) < 4.78 is 13.4. The summed E-state index contributed by atoms with van der Waals surface area (Å²) in [6.07, 6.45) is 8.68. The van der Waals surface area contributed by atoms with Gasteiger partial charge in [0, 0.05) is 29.7 Å². The van der Waals surface area contributed by atoms with E-state index < -0.39 is 0 Å². The number of halogens is 1. The number of nitrogen functional groups attached to an aromatic ring is 1. The maximum atomic E-state index is 13.4. The van der Waals surface area contributed by atoms with Gasteiger partial charge in [-0.25, -0.2) is 9.37 Å². The van der Waals surface area contributed by atoms with Crippen LogP contribution in [0.4, 0.5) is 15.9 Å². The van der Waals surface area contributed by atoms with Crippen molar-refractivity contribution >= 4 is 17.1 Å². The molecule has 0 saturated carbocycles. The summed E-state index contributed by atoms with van der Waals surface area (Å²) >= 11 is 0. The Morgan fingerprint density at radius 3 is 2.46 bits per heavy atom. The van der Waals surface area contributed by atoms with E-state index in [4.69, 9.17) is 10.7 Å². The number of aromatic nitrogens is 2. The normalized spacial score (nSPS) is 11.7. The topological polar surface area (TPSA) is 75.9 Å². The van der Waals surface area contributed by atoms with Crippen molar-refractivity contribution in [3.05, 3.63) is 126 Å². The predicted octanol–water partition coefficient (Wildman–Crippen LogP) is 7.33. The lowest BCUT2D eigenvalue weighted by atomic mass is 10.0. The molecule has 190 valence electrons. The molecule has 0 atom stereocenters. The van der Waals surface area contributed by atoms with Crippen molar-refractivity contribution < 1.29 is 4.39 Å². The van der Waals surface area contributed by atoms with Crippen LogP contribution in [0.1, 0.15) is 37.2 Å². The number of nitrogens with zero attached hydrogens (tertiary/aromatic N) is 2. The molecular weight excluding hydrogens is 461 g/mol. The monoisotopic (exact) mass is 495 g/mol. The Morgan fingerprint density at radius 1 is 1.08 bits per heavy atom. The minimum absolute atomic E-state index is 0.269. The van der Waals surface area contributed by atoms with Crippen molar-refractivity contribution in [3.63, 3.8) is 0 Å². The Bertz CT molecular complexity index is 1370. The second-order valence-corrected chi connectivity index (χ2v) is 8.61. The van der Waals surface area contributed by atoms with Gasteiger partial charge >= 0.3 is 0 Å². The first-order chi connectivity index (χ1) is 17.7. The largest absolute Gasteiger partial charge is 0.397 e. The smallest absolute Gasteiger partial charge is 0.133 e. The van der Waals surface area contributed by atoms with E-state index in [1.165, 1.54) is 12.1 Å². The minimum atomic E-state index is -0.269. The molecule has 0 aliphatic carbocycles. The number of rotatable bonds is 11. The van der Waals surface area contributed by atoms with Gasteiger partial charge in [-0.05, 0) is 85.0 Å². The number of nitrogens with one attached hydrogen (secondary N) is 2. The number of hydrogen-bond donors (Lipinski definition) is 3. The molecule has 37 heavy (non-hydrogen) atoms. The number of nitrogens with two attached hydrogens (primary N) is 1. The Balaban J connectivity index is 1.81. The first-order valence-electron chi connectivity index (χ1n) is 12.1. The first-order valence-corrected chi connectivity index (χ1v) is 12.1. The maximum Gasteiger partial charge on any atom is 0.133 e. The number of pyridine rings is 2. The molecule has 0 aliphatic heterocycles. The van der Waals surface area contributed by atoms with E-state index in [1.54, 1.807) is 24.4 Å². The fraction of sp³-hybridized carbons (Fsp3) is 0.161. The predicted molar refractivity (Wildman–Crippen MR) is 154 cm³/mol. The van der Waals surface area contributed by atoms with Gasteiger partial charge in [0.25, 0.3) is 0 Å². The summed E-state index contributed by atoms with van der Waals surface area (Å²) in [5, 5.41) is 6.57. The summed E-state index contributed by atoms with van der Waals surface area (Å²) in [6.45, 7) is 18.1. The van der Waals surface area contributed by atoms with E-state index in [9.17, 15) is 4.39 Å². The Labute approximate surface area is 219 Å². The van der Waals surface area contributed by atoms with Crippen molar-refractivity contribution in [2.75, 3.05) is 11.1 Å². The molecule has 0 radical (unpaired) electrons. The number of hydrogen-bond acceptors (Lipinski definition) is 5. The van der Waals surface area contributed by atoms with Crippen molar-refractivity contribution in [1.82, 2.24) is 15.3 Å². The van der Waals surface area contributed by atoms with Gasteiger partial charge in [0.15, 0.2) is 0 Å². The third-order valence-electron chi connectivity index (χ3n) is 5.93. The van der Waals surface area contributed by atoms with Crippen molar-refractivity contribution in [1.29, 1.82) is 0 Å². The molecule has 6 heteroatoms. The Kier molecular flexibility index (Phi) is 9.16. The highest BCUT2D eigenvalue weighted by Gasteiger charge is 2.12. The van der Waals surface area contributed by atoms with Crippen molar-refractivity contribution in [2.24, 2.45) is 0 Å². The van der Waals surface area contributed by atoms with Gasteiger partial charge in [0.1, 0.15) is 11.6 Å². The second kappa shape index (κ2) is 12.5. The fourth-order valence-corrected chi connectivity index (χ4v) is 3.74. The molecular formula is C31H34FN5. The summed E-state index contributed by atoms with van der Waals surface area (Å²) in [4.78, 5) is 9.31. The summed E-state index contributed by atoms with van der Waals surface area (Å²) in [6, 6.07) is 12.1. The van der Waals surface area contributed by atoms with E-state index in [1.807, 2.05) is 51.1 Å². The van der Waals surface area contributed by atoms with Gasteiger partial charge in [-0.3, -0.25) is 4.98 Å². The third kappa shape index (κ3) is 7.04. The molecule has 0 fully saturated rings. The van der Waals surface area contributed by atoms with Crippen LogP contribution >= 0.6 is 0 Å². The van der Waals surface area contributed by atoms with E-state index in [2.05, 4.69) is 35.4 Å². The van der Waals surface area contributed by atoms with E-state index in [-0.39, 0.29) is 5.82 Å². The Hall–Kier alpha value is -4.45. The third-order valence-corrected chi connectivity index (χ3v) is 5.93. The molecule has 0 saturated heterocycles. The molecule has 0 amide bonds. The van der Waals surface area contributed by atoms with Crippen LogP contribution in [0, 0.1) is 12.7 Å². The number of allylic oxidation sites excluding steroid dienone is 6. The van der Waals surface area contributed by atoms with Crippen LogP contribution in [0.5, 0.6) is 0 Å². The molecule has 2 aromatic heterocycles. The van der Waals surface area contributed by atoms with Crippen LogP contribution in [0.3, 0.4) is 0 Å². The fourth-order valence-electron chi connectivity index (χ4n) is 3.74. The summed E-state index contributed by atoms with van der Waals surface area (Å²) in [5.41, 5.74) is 14.5. The minimum Gasteiger partial charge on any atom is -0.397 e. The highest BCUT2D eigenvalue weighted by Crippen LogP contribution is 2.28. The molecule has 3 rings (SSSR count). The number of benzene rings is 1. The average Bonchev–Trinajstić information content (AvgIpc) is 2.89. The maximum absolute atomic E-state index is 13.4. The first kappa shape index (κ1) is 27.1. The highest BCUT2D eigenvalue weighted by molar-refractivity contribution is 5.74. The van der Waals surface area contributed by atoms with Crippen LogP contribution in [0.15, 0.2) is 104 Å². The van der Waals surface area contributed by atoms with Crippen molar-refractivity contribution in [2.45, 2.75) is 33.6 Å². The zero-order chi connectivity index (χ0) is 26.9. The van der Waals surface area contributed by atoms with Crippen LogP contribution in [0.25, 0.3) is 16.7 Å². The zero-order valence-corrected chi connectivity index (χ0v) is 21.7. The lowest BCUT2D eigenvalue weighted by Crippen LogP contribution is -2.10. The highest BCUT2D eigenvalue weighted by atomic mass is 19.1. The van der Waals surface area contributed by atoms with E-state index in [0.717, 1.165) is 45.8 Å². The van der Waals surface area contributed by atoms with Crippen LogP contribution in [-0.2, 0) is 6.42 Å². The lowest BCUT2D eigenvalue weighted by molar-refractivity contribution is 0.628. The summed E-state index contributed by atoms with van der Waals surface area (Å²) in [7, 11) is 0. The molecule has 0 unspecified atom stereocenters. The molecule has 1 aromatic carbocycles. The standard InChI is InChI=1S/C31H34FN5/c1-7-20(4)35-26(9-3)19-23(8-2)29-15-14-28(33)30(37-29)18-21(5)36-31-22(6)27(16-17-34-31)24-10-12-25(32)13-11-24/h8-17,19,35H,3-5,7,18,33H2,1-2,6H3,(H,34,36)/b23-8+,26-19+. The molecule has 4 N–H and O–H groups in total. The quantitative estimate of drug-likeness (QED) is 0.243. The van der Waals surface area contributed by atoms with Crippen LogP contribution < -0.4 is 16.4 Å². The van der Waals surface area contributed by atoms with E-state index in [0.29, 0.717) is 29.3 Å². The average molecular weight is 496 g/mol. The van der Waals surface area contributed by atoms with Gasteiger partial charge in [0.2, 0.25) is 0 Å². The zero-order valence-electron chi connectivity index (χ0n) is 21.7. The molecule has 0 spiro atoms. The van der Waals surface area contributed by atoms with E-state index >= 15 is 0 Å². The summed E-state index contributed by atoms with van der Waals surface area (Å²) in [5.74, 6) is 0.408. The SMILES string of the molecule is C=C/C(=C\C(=C/C)c1ccc(N)c(CC(=C)Nc2nccc(-c3ccc(F)cc3)c2C)n1)NC(=C)CC. The lowest BCUT2D eigenvalue weighted by Gasteiger charge is -2.15. The molecule has 2 heterocycles. The van der Waals surface area contributed by atoms with Crippen LogP contribution in [0.2, 0.25) is 0 Å². The van der Waals surface area contributed by atoms with Gasteiger partial charge < -0.3 is 16.4 Å². The molecule has 0 bridgehead atoms. The Morgan fingerprint density at radius 2 is 1.81 bits per heavy atom. The second-order valence-electron chi connectivity index (χ2n) is 8.61. The van der Waals surface area contributed by atoms with Crippen molar-refractivity contribution in [3.8, 4) is 11.1 Å². The van der Waals surface area contributed by atoms with Crippen LogP contribution in [-0.4, -0.2) is 9.97 Å². The molecule has 0 aliphatic rings. The van der Waals surface area contributed by atoms with Gasteiger partial charge in [0.05, 0.1) is 17.1 Å².